The third-order valence-corrected chi connectivity index (χ3v) is 10.2. The highest BCUT2D eigenvalue weighted by molar-refractivity contribution is 6.18. The number of alkyl halides is 1. The maximum absolute atomic E-state index is 13.4. The molecule has 2 fully saturated rings. The largest absolute Gasteiger partial charge is 0.478 e. The first-order valence-electron chi connectivity index (χ1n) is 15.3. The summed E-state index contributed by atoms with van der Waals surface area (Å²) in [5, 5.41) is 52.5. The lowest BCUT2D eigenvalue weighted by Gasteiger charge is -2.47. The molecule has 0 aromatic carbocycles. The van der Waals surface area contributed by atoms with Crippen molar-refractivity contribution in [3.63, 3.8) is 0 Å². The molecule has 45 heavy (non-hydrogen) atoms. The van der Waals surface area contributed by atoms with Gasteiger partial charge < -0.3 is 39.7 Å². The number of carboxylic acid groups (broad SMARTS) is 1. The molecule has 0 amide bonds. The van der Waals surface area contributed by atoms with Crippen molar-refractivity contribution < 1.29 is 58.9 Å². The van der Waals surface area contributed by atoms with Crippen molar-refractivity contribution in [3.8, 4) is 0 Å². The van der Waals surface area contributed by atoms with Crippen LogP contribution in [-0.4, -0.2) is 101 Å². The van der Waals surface area contributed by atoms with Crippen molar-refractivity contribution in [2.45, 2.75) is 64.6 Å². The second-order valence-corrected chi connectivity index (χ2v) is 13.2. The molecule has 5 N–H and O–H groups in total. The van der Waals surface area contributed by atoms with E-state index in [0.717, 1.165) is 7.11 Å². The molecule has 0 aromatic heterocycles. The molecule has 0 heterocycles. The Morgan fingerprint density at radius 2 is 1.22 bits per heavy atom. The topological polar surface area (TPSA) is 197 Å². The van der Waals surface area contributed by atoms with Gasteiger partial charge in [0.15, 0.2) is 0 Å². The zero-order valence-corrected chi connectivity index (χ0v) is 27.7. The number of hydrogen-bond acceptors (Lipinski definition) is 11. The number of carbonyl (C=O) groups excluding carboxylic acids is 3. The number of methoxy groups -OCH3 is 2. The highest BCUT2D eigenvalue weighted by Crippen LogP contribution is 2.48. The molecule has 12 nitrogen and oxygen atoms in total. The molecule has 13 heteroatoms. The van der Waals surface area contributed by atoms with Crippen LogP contribution in [0.25, 0.3) is 0 Å². The van der Waals surface area contributed by atoms with Gasteiger partial charge in [0.25, 0.3) is 0 Å². The minimum atomic E-state index is -1.98. The predicted molar refractivity (Wildman–Crippen MR) is 163 cm³/mol. The normalized spacial score (nSPS) is 32.7. The molecule has 0 radical (unpaired) electrons. The Hall–Kier alpha value is -2.51. The maximum Gasteiger partial charge on any atom is 0.336 e. The van der Waals surface area contributed by atoms with Crippen LogP contribution in [0.3, 0.4) is 0 Å². The molecule has 2 aliphatic rings. The molecule has 0 spiro atoms. The smallest absolute Gasteiger partial charge is 0.336 e. The standard InChI is InChI=1S/C32H49ClO12/c1-17(2)21-7-9-31(41,15-33)25(29(39)43-5)24(21)12-20(14-35)28(38)45-16-32(42)10-8-22(18(3)4)23(26(32)30(40)44-6)11-19(13-34)27(36)37/h11-12,17-18,21-26,34-35,41-42H,7-10,13-16H2,1-6H3,(H,36,37)/b19-11+,20-12+/t21-,22-,23-,24-,25-,26+,31-,32-/m1/s1. The lowest BCUT2D eigenvalue weighted by atomic mass is 9.61. The van der Waals surface area contributed by atoms with Gasteiger partial charge in [-0.15, -0.1) is 11.6 Å². The van der Waals surface area contributed by atoms with Crippen molar-refractivity contribution in [1.82, 2.24) is 0 Å². The molecule has 2 saturated carbocycles. The van der Waals surface area contributed by atoms with Crippen LogP contribution in [0.2, 0.25) is 0 Å². The molecule has 8 atom stereocenters. The monoisotopic (exact) mass is 660 g/mol. The van der Waals surface area contributed by atoms with Crippen molar-refractivity contribution in [3.05, 3.63) is 23.3 Å². The Morgan fingerprint density at radius 1 is 0.800 bits per heavy atom. The van der Waals surface area contributed by atoms with Gasteiger partial charge in [0.2, 0.25) is 0 Å². The second kappa shape index (κ2) is 16.4. The summed E-state index contributed by atoms with van der Waals surface area (Å²) >= 11 is 6.11. The van der Waals surface area contributed by atoms with E-state index in [2.05, 4.69) is 0 Å². The summed E-state index contributed by atoms with van der Waals surface area (Å²) < 4.78 is 15.5. The van der Waals surface area contributed by atoms with E-state index >= 15 is 0 Å². The van der Waals surface area contributed by atoms with E-state index in [1.54, 1.807) is 0 Å². The summed E-state index contributed by atoms with van der Waals surface area (Å²) in [5.41, 5.74) is -4.17. The summed E-state index contributed by atoms with van der Waals surface area (Å²) in [5.74, 6) is -8.77. The summed E-state index contributed by atoms with van der Waals surface area (Å²) in [6, 6.07) is 0. The number of aliphatic carboxylic acids is 1. The average molecular weight is 661 g/mol. The molecular weight excluding hydrogens is 612 g/mol. The fourth-order valence-electron chi connectivity index (χ4n) is 7.18. The lowest BCUT2D eigenvalue weighted by molar-refractivity contribution is -0.181. The number of aliphatic hydroxyl groups excluding tert-OH is 2. The number of rotatable bonds is 13. The summed E-state index contributed by atoms with van der Waals surface area (Å²) in [7, 11) is 2.31. The van der Waals surface area contributed by atoms with Crippen LogP contribution in [0.4, 0.5) is 0 Å². The van der Waals surface area contributed by atoms with Crippen LogP contribution in [-0.2, 0) is 33.4 Å². The lowest BCUT2D eigenvalue weighted by Crippen LogP contribution is -2.55. The third kappa shape index (κ3) is 8.65. The van der Waals surface area contributed by atoms with E-state index < -0.39 is 78.6 Å². The molecule has 2 aliphatic carbocycles. The van der Waals surface area contributed by atoms with Gasteiger partial charge in [0, 0.05) is 0 Å². The number of esters is 3. The molecule has 0 unspecified atom stereocenters. The van der Waals surface area contributed by atoms with E-state index in [9.17, 15) is 44.7 Å². The molecule has 0 bridgehead atoms. The molecule has 2 rings (SSSR count). The van der Waals surface area contributed by atoms with E-state index in [1.165, 1.54) is 19.3 Å². The summed E-state index contributed by atoms with van der Waals surface area (Å²) in [6.07, 6.45) is 3.74. The van der Waals surface area contributed by atoms with Crippen molar-refractivity contribution in [2.24, 2.45) is 47.3 Å². The van der Waals surface area contributed by atoms with Gasteiger partial charge >= 0.3 is 23.9 Å². The quantitative estimate of drug-likeness (QED) is 0.0836. The van der Waals surface area contributed by atoms with Gasteiger partial charge in [-0.2, -0.15) is 0 Å². The number of aliphatic hydroxyl groups is 4. The number of ether oxygens (including phenoxy) is 3. The minimum Gasteiger partial charge on any atom is -0.478 e. The Balaban J connectivity index is 2.50. The highest BCUT2D eigenvalue weighted by atomic mass is 35.5. The van der Waals surface area contributed by atoms with Crippen LogP contribution in [0.5, 0.6) is 0 Å². The van der Waals surface area contributed by atoms with Crippen LogP contribution in [0, 0.1) is 47.3 Å². The summed E-state index contributed by atoms with van der Waals surface area (Å²) in [6.45, 7) is 5.39. The highest BCUT2D eigenvalue weighted by Gasteiger charge is 2.54. The third-order valence-electron chi connectivity index (χ3n) is 9.71. The molecule has 0 aromatic rings. The van der Waals surface area contributed by atoms with Crippen LogP contribution in [0.1, 0.15) is 53.4 Å². The minimum absolute atomic E-state index is 0.0121. The van der Waals surface area contributed by atoms with E-state index in [-0.39, 0.29) is 53.5 Å². The first kappa shape index (κ1) is 38.7. The number of halogens is 1. The molecule has 0 saturated heterocycles. The van der Waals surface area contributed by atoms with Gasteiger partial charge in [-0.05, 0) is 61.2 Å². The van der Waals surface area contributed by atoms with Crippen molar-refractivity contribution in [1.29, 1.82) is 0 Å². The first-order chi connectivity index (χ1) is 21.0. The zero-order chi connectivity index (χ0) is 34.3. The Morgan fingerprint density at radius 3 is 1.60 bits per heavy atom. The maximum atomic E-state index is 13.4. The van der Waals surface area contributed by atoms with Gasteiger partial charge in [0.05, 0.1) is 61.9 Å². The van der Waals surface area contributed by atoms with Crippen LogP contribution >= 0.6 is 11.6 Å². The second-order valence-electron chi connectivity index (χ2n) is 13.0. The number of carbonyl (C=O) groups is 4. The SMILES string of the molecule is COC(=O)[C@@H]1[C@H](/C=C(\CO)C(=O)O)[C@@H](C(C)C)CC[C@@]1(O)COC(=O)/C(=C/[C@@H]1[C@@H](C(C)C)CC[C@@](O)(CCl)[C@H]1C(=O)OC)CO. The Bertz CT molecular complexity index is 1130. The molecular formula is C32H49ClO12. The van der Waals surface area contributed by atoms with Crippen LogP contribution in [0.15, 0.2) is 23.3 Å². The number of allylic oxidation sites excluding steroid dienone is 2. The van der Waals surface area contributed by atoms with Gasteiger partial charge in [-0.25, -0.2) is 9.59 Å². The average Bonchev–Trinajstić information content (AvgIpc) is 2.99. The van der Waals surface area contributed by atoms with Crippen LogP contribution < -0.4 is 0 Å². The van der Waals surface area contributed by atoms with Gasteiger partial charge in [0.1, 0.15) is 12.2 Å². The Labute approximate surface area is 269 Å². The Kier molecular flexibility index (Phi) is 14.1. The number of carboxylic acids is 1. The van der Waals surface area contributed by atoms with E-state index in [1.807, 2.05) is 27.7 Å². The van der Waals surface area contributed by atoms with Gasteiger partial charge in [-0.3, -0.25) is 9.59 Å². The molecule has 256 valence electrons. The summed E-state index contributed by atoms with van der Waals surface area (Å²) in [4.78, 5) is 51.2. The fraction of sp³-hybridized carbons (Fsp3) is 0.750. The van der Waals surface area contributed by atoms with E-state index in [0.29, 0.717) is 12.8 Å². The van der Waals surface area contributed by atoms with Crippen molar-refractivity contribution >= 4 is 35.5 Å². The van der Waals surface area contributed by atoms with Gasteiger partial charge in [-0.1, -0.05) is 39.8 Å². The van der Waals surface area contributed by atoms with E-state index in [4.69, 9.17) is 25.8 Å². The first-order valence-corrected chi connectivity index (χ1v) is 15.8. The zero-order valence-electron chi connectivity index (χ0n) is 26.9. The predicted octanol–water partition coefficient (Wildman–Crippen LogP) is 2.10. The van der Waals surface area contributed by atoms with Crippen molar-refractivity contribution in [2.75, 3.05) is 39.9 Å². The number of hydrogen-bond donors (Lipinski definition) is 5. The molecule has 0 aliphatic heterocycles. The fourth-order valence-corrected chi connectivity index (χ4v) is 7.48.